The Bertz CT molecular complexity index is 1110. The molecule has 27 heavy (non-hydrogen) atoms. The number of imidazole rings is 1. The maximum absolute atomic E-state index is 12.5. The van der Waals surface area contributed by atoms with Gasteiger partial charge in [-0.2, -0.15) is 5.10 Å². The van der Waals surface area contributed by atoms with Crippen molar-refractivity contribution in [1.29, 1.82) is 0 Å². The number of carbonyl (C=O) groups excluding carboxylic acids is 1. The second kappa shape index (κ2) is 7.03. The highest BCUT2D eigenvalue weighted by Crippen LogP contribution is 2.18. The molecule has 0 saturated carbocycles. The van der Waals surface area contributed by atoms with Gasteiger partial charge in [0.25, 0.3) is 5.91 Å². The monoisotopic (exact) mass is 360 g/mol. The molecule has 0 aliphatic carbocycles. The fraction of sp³-hybridized carbons (Fsp3) is 0.200. The molecule has 4 rings (SSSR count). The van der Waals surface area contributed by atoms with Crippen LogP contribution in [0.4, 0.5) is 0 Å². The largest absolute Gasteiger partial charge is 0.350 e. The first-order valence-electron chi connectivity index (χ1n) is 8.76. The van der Waals surface area contributed by atoms with Crippen molar-refractivity contribution < 1.29 is 4.79 Å². The molecule has 0 atom stereocenters. The van der Waals surface area contributed by atoms with E-state index < -0.39 is 0 Å². The molecule has 7 nitrogen and oxygen atoms in total. The second-order valence-corrected chi connectivity index (χ2v) is 6.42. The molecule has 0 aliphatic rings. The molecule has 3 heterocycles. The molecule has 0 bridgehead atoms. The van der Waals surface area contributed by atoms with Gasteiger partial charge in [-0.1, -0.05) is 12.1 Å². The Balaban J connectivity index is 1.44. The minimum absolute atomic E-state index is 0.143. The highest BCUT2D eigenvalue weighted by atomic mass is 16.1. The van der Waals surface area contributed by atoms with Crippen molar-refractivity contribution in [3.05, 3.63) is 66.5 Å². The first-order chi connectivity index (χ1) is 13.1. The van der Waals surface area contributed by atoms with Gasteiger partial charge >= 0.3 is 0 Å². The first kappa shape index (κ1) is 17.0. The molecule has 4 aromatic rings. The quantitative estimate of drug-likeness (QED) is 0.593. The van der Waals surface area contributed by atoms with Crippen LogP contribution in [0.1, 0.15) is 16.2 Å². The van der Waals surface area contributed by atoms with Gasteiger partial charge in [0.2, 0.25) is 0 Å². The van der Waals surface area contributed by atoms with Crippen LogP contribution in [0.25, 0.3) is 22.2 Å². The summed E-state index contributed by atoms with van der Waals surface area (Å²) in [5, 5.41) is 7.12. The summed E-state index contributed by atoms with van der Waals surface area (Å²) in [7, 11) is 1.86. The molecule has 136 valence electrons. The van der Waals surface area contributed by atoms with Crippen LogP contribution in [0, 0.1) is 6.92 Å². The Morgan fingerprint density at radius 1 is 1.15 bits per heavy atom. The molecule has 7 heteroatoms. The van der Waals surface area contributed by atoms with Crippen LogP contribution in [0.15, 0.2) is 55.1 Å². The predicted molar refractivity (Wildman–Crippen MR) is 103 cm³/mol. The van der Waals surface area contributed by atoms with E-state index in [9.17, 15) is 4.79 Å². The van der Waals surface area contributed by atoms with Gasteiger partial charge in [0.15, 0.2) is 0 Å². The molecule has 1 amide bonds. The van der Waals surface area contributed by atoms with Crippen molar-refractivity contribution in [2.45, 2.75) is 13.5 Å². The lowest BCUT2D eigenvalue weighted by atomic mass is 10.1. The van der Waals surface area contributed by atoms with Crippen molar-refractivity contribution in [2.75, 3.05) is 6.54 Å². The number of rotatable bonds is 5. The van der Waals surface area contributed by atoms with E-state index in [0.29, 0.717) is 18.7 Å². The normalized spacial score (nSPS) is 11.0. The number of carbonyl (C=O) groups is 1. The number of nitrogens with one attached hydrogen (secondary N) is 1. The summed E-state index contributed by atoms with van der Waals surface area (Å²) in [4.78, 5) is 21.3. The summed E-state index contributed by atoms with van der Waals surface area (Å²) >= 11 is 0. The van der Waals surface area contributed by atoms with Gasteiger partial charge in [-0.3, -0.25) is 14.5 Å². The maximum atomic E-state index is 12.5. The lowest BCUT2D eigenvalue weighted by Crippen LogP contribution is -2.27. The minimum atomic E-state index is -0.143. The fourth-order valence-electron chi connectivity index (χ4n) is 3.15. The van der Waals surface area contributed by atoms with Crippen LogP contribution in [0.3, 0.4) is 0 Å². The topological polar surface area (TPSA) is 77.6 Å². The Hall–Kier alpha value is -3.48. The molecule has 3 aromatic heterocycles. The summed E-state index contributed by atoms with van der Waals surface area (Å²) < 4.78 is 3.83. The lowest BCUT2D eigenvalue weighted by molar-refractivity contribution is 0.0952. The molecule has 0 aliphatic heterocycles. The molecular weight excluding hydrogens is 340 g/mol. The third kappa shape index (κ3) is 3.44. The average molecular weight is 360 g/mol. The zero-order chi connectivity index (χ0) is 18.8. The summed E-state index contributed by atoms with van der Waals surface area (Å²) in [6.45, 7) is 3.15. The Morgan fingerprint density at radius 2 is 2.00 bits per heavy atom. The fourth-order valence-corrected chi connectivity index (χ4v) is 3.15. The van der Waals surface area contributed by atoms with Gasteiger partial charge in [-0.05, 0) is 25.1 Å². The SMILES string of the molecule is Cc1nc2ccccc2n1CCNC(=O)c1cncc(-c2cnn(C)c2)c1. The summed E-state index contributed by atoms with van der Waals surface area (Å²) in [6.07, 6.45) is 6.96. The molecule has 1 aromatic carbocycles. The highest BCUT2D eigenvalue weighted by Gasteiger charge is 2.10. The average Bonchev–Trinajstić information content (AvgIpc) is 3.25. The number of hydrogen-bond acceptors (Lipinski definition) is 4. The van der Waals surface area contributed by atoms with Crippen LogP contribution >= 0.6 is 0 Å². The molecule has 0 radical (unpaired) electrons. The van der Waals surface area contributed by atoms with Gasteiger partial charge in [0.05, 0.1) is 22.8 Å². The van der Waals surface area contributed by atoms with Crippen LogP contribution in [0.5, 0.6) is 0 Å². The van der Waals surface area contributed by atoms with E-state index in [2.05, 4.69) is 25.0 Å². The molecule has 0 spiro atoms. The Labute approximate surface area is 156 Å². The number of nitrogens with zero attached hydrogens (tertiary/aromatic N) is 5. The van der Waals surface area contributed by atoms with E-state index in [-0.39, 0.29) is 5.91 Å². The third-order valence-corrected chi connectivity index (χ3v) is 4.51. The van der Waals surface area contributed by atoms with E-state index in [1.165, 1.54) is 0 Å². The van der Waals surface area contributed by atoms with Gasteiger partial charge in [0, 0.05) is 49.9 Å². The van der Waals surface area contributed by atoms with Crippen molar-refractivity contribution in [3.8, 4) is 11.1 Å². The number of benzene rings is 1. The van der Waals surface area contributed by atoms with Crippen LogP contribution in [-0.2, 0) is 13.6 Å². The number of fused-ring (bicyclic) bond motifs is 1. The first-order valence-corrected chi connectivity index (χ1v) is 8.76. The van der Waals surface area contributed by atoms with Gasteiger partial charge in [-0.15, -0.1) is 0 Å². The molecule has 1 N–H and O–H groups in total. The number of para-hydroxylation sites is 2. The molecule has 0 fully saturated rings. The molecule has 0 saturated heterocycles. The van der Waals surface area contributed by atoms with Gasteiger partial charge in [0.1, 0.15) is 5.82 Å². The van der Waals surface area contributed by atoms with E-state index >= 15 is 0 Å². The van der Waals surface area contributed by atoms with Crippen molar-refractivity contribution in [1.82, 2.24) is 29.6 Å². The number of aryl methyl sites for hydroxylation is 2. The lowest BCUT2D eigenvalue weighted by Gasteiger charge is -2.09. The zero-order valence-corrected chi connectivity index (χ0v) is 15.3. The van der Waals surface area contributed by atoms with Gasteiger partial charge < -0.3 is 9.88 Å². The van der Waals surface area contributed by atoms with Crippen molar-refractivity contribution in [3.63, 3.8) is 0 Å². The van der Waals surface area contributed by atoms with Crippen molar-refractivity contribution >= 4 is 16.9 Å². The Kier molecular flexibility index (Phi) is 4.42. The summed E-state index contributed by atoms with van der Waals surface area (Å²) in [5.74, 6) is 0.793. The zero-order valence-electron chi connectivity index (χ0n) is 15.3. The molecule has 0 unspecified atom stereocenters. The second-order valence-electron chi connectivity index (χ2n) is 6.42. The van der Waals surface area contributed by atoms with E-state index in [1.807, 2.05) is 50.5 Å². The van der Waals surface area contributed by atoms with Crippen LogP contribution in [0.2, 0.25) is 0 Å². The van der Waals surface area contributed by atoms with E-state index in [0.717, 1.165) is 28.0 Å². The maximum Gasteiger partial charge on any atom is 0.252 e. The van der Waals surface area contributed by atoms with Crippen LogP contribution < -0.4 is 5.32 Å². The Morgan fingerprint density at radius 3 is 2.81 bits per heavy atom. The van der Waals surface area contributed by atoms with Gasteiger partial charge in [-0.25, -0.2) is 4.98 Å². The van der Waals surface area contributed by atoms with Crippen molar-refractivity contribution in [2.24, 2.45) is 7.05 Å². The standard InChI is InChI=1S/C20H20N6O/c1-14-24-18-5-3-4-6-19(18)26(14)8-7-22-20(27)16-9-15(10-21-11-16)17-12-23-25(2)13-17/h3-6,9-13H,7-8H2,1-2H3,(H,22,27). The minimum Gasteiger partial charge on any atom is -0.350 e. The number of hydrogen-bond donors (Lipinski definition) is 1. The summed E-state index contributed by atoms with van der Waals surface area (Å²) in [6, 6.07) is 9.83. The highest BCUT2D eigenvalue weighted by molar-refractivity contribution is 5.95. The van der Waals surface area contributed by atoms with E-state index in [1.54, 1.807) is 23.3 Å². The van der Waals surface area contributed by atoms with E-state index in [4.69, 9.17) is 0 Å². The van der Waals surface area contributed by atoms with Crippen LogP contribution in [-0.4, -0.2) is 36.8 Å². The number of amides is 1. The summed E-state index contributed by atoms with van der Waals surface area (Å²) in [5.41, 5.74) is 4.37. The smallest absolute Gasteiger partial charge is 0.252 e. The third-order valence-electron chi connectivity index (χ3n) is 4.51. The number of aromatic nitrogens is 5. The predicted octanol–water partition coefficient (Wildman–Crippen LogP) is 2.57. The number of pyridine rings is 1. The molecular formula is C20H20N6O.